The summed E-state index contributed by atoms with van der Waals surface area (Å²) in [4.78, 5) is 4.05. The standard InChI is InChI=1S/C18H15ClN4O2S/c19-16-2-1-3-17(8-16)22-26(24,25)12-18-10-21-13-23(18)11-15-6-4-14(9-20)5-7-15/h1-8,10,13,22H,11-12H2. The second-order valence-electron chi connectivity index (χ2n) is 5.69. The minimum atomic E-state index is -3.61. The molecule has 3 aromatic rings. The first-order valence-electron chi connectivity index (χ1n) is 7.69. The molecule has 1 N–H and O–H groups in total. The highest BCUT2D eigenvalue weighted by Crippen LogP contribution is 2.18. The maximum Gasteiger partial charge on any atom is 0.238 e. The Bertz CT molecular complexity index is 1050. The molecule has 0 bridgehead atoms. The fourth-order valence-corrected chi connectivity index (χ4v) is 3.83. The second kappa shape index (κ2) is 7.60. The first-order valence-corrected chi connectivity index (χ1v) is 9.72. The lowest BCUT2D eigenvalue weighted by Crippen LogP contribution is -2.17. The molecule has 0 unspecified atom stereocenters. The molecule has 0 radical (unpaired) electrons. The number of hydrogen-bond acceptors (Lipinski definition) is 4. The van der Waals surface area contributed by atoms with Crippen molar-refractivity contribution in [3.8, 4) is 6.07 Å². The SMILES string of the molecule is N#Cc1ccc(Cn2cncc2CS(=O)(=O)Nc2cccc(Cl)c2)cc1. The van der Waals surface area contributed by atoms with Gasteiger partial charge in [0.25, 0.3) is 0 Å². The lowest BCUT2D eigenvalue weighted by atomic mass is 10.1. The molecule has 26 heavy (non-hydrogen) atoms. The van der Waals surface area contributed by atoms with Crippen molar-refractivity contribution >= 4 is 27.3 Å². The Morgan fingerprint density at radius 2 is 1.96 bits per heavy atom. The first-order chi connectivity index (χ1) is 12.4. The Balaban J connectivity index is 1.74. The summed E-state index contributed by atoms with van der Waals surface area (Å²) in [7, 11) is -3.61. The van der Waals surface area contributed by atoms with Gasteiger partial charge in [0.2, 0.25) is 10.0 Å². The minimum absolute atomic E-state index is 0.213. The summed E-state index contributed by atoms with van der Waals surface area (Å²) in [5.41, 5.74) is 2.50. The molecule has 0 saturated heterocycles. The number of nitrogens with zero attached hydrogens (tertiary/aromatic N) is 3. The van der Waals surface area contributed by atoms with E-state index in [4.69, 9.17) is 16.9 Å². The molecule has 0 aliphatic carbocycles. The highest BCUT2D eigenvalue weighted by molar-refractivity contribution is 7.91. The third kappa shape index (κ3) is 4.63. The van der Waals surface area contributed by atoms with Gasteiger partial charge in [-0.05, 0) is 35.9 Å². The van der Waals surface area contributed by atoms with E-state index in [9.17, 15) is 8.42 Å². The molecule has 8 heteroatoms. The molecule has 0 aliphatic rings. The van der Waals surface area contributed by atoms with Gasteiger partial charge in [-0.2, -0.15) is 5.26 Å². The molecule has 0 amide bonds. The molecular formula is C18H15ClN4O2S. The van der Waals surface area contributed by atoms with Crippen molar-refractivity contribution in [2.24, 2.45) is 0 Å². The lowest BCUT2D eigenvalue weighted by Gasteiger charge is -2.11. The summed E-state index contributed by atoms with van der Waals surface area (Å²) in [6, 6.07) is 15.7. The van der Waals surface area contributed by atoms with Gasteiger partial charge in [0.05, 0.1) is 23.7 Å². The van der Waals surface area contributed by atoms with Crippen LogP contribution in [0, 0.1) is 11.3 Å². The molecule has 1 heterocycles. The number of nitrogens with one attached hydrogen (secondary N) is 1. The van der Waals surface area contributed by atoms with Crippen molar-refractivity contribution in [1.29, 1.82) is 5.26 Å². The van der Waals surface area contributed by atoms with Gasteiger partial charge in [-0.25, -0.2) is 13.4 Å². The van der Waals surface area contributed by atoms with E-state index < -0.39 is 10.0 Å². The van der Waals surface area contributed by atoms with Crippen LogP contribution in [0.5, 0.6) is 0 Å². The molecule has 0 saturated carbocycles. The second-order valence-corrected chi connectivity index (χ2v) is 7.85. The highest BCUT2D eigenvalue weighted by Gasteiger charge is 2.15. The van der Waals surface area contributed by atoms with Crippen LogP contribution < -0.4 is 4.72 Å². The van der Waals surface area contributed by atoms with E-state index in [-0.39, 0.29) is 5.75 Å². The largest absolute Gasteiger partial charge is 0.329 e. The van der Waals surface area contributed by atoms with Crippen LogP contribution in [0.15, 0.2) is 61.1 Å². The summed E-state index contributed by atoms with van der Waals surface area (Å²) in [6.07, 6.45) is 3.11. The zero-order chi connectivity index (χ0) is 18.6. The zero-order valence-electron chi connectivity index (χ0n) is 13.6. The van der Waals surface area contributed by atoms with Crippen LogP contribution in [0.3, 0.4) is 0 Å². The van der Waals surface area contributed by atoms with Gasteiger partial charge < -0.3 is 4.57 Å². The van der Waals surface area contributed by atoms with E-state index in [1.807, 2.05) is 12.1 Å². The third-order valence-corrected chi connectivity index (χ3v) is 5.13. The molecule has 0 fully saturated rings. The summed E-state index contributed by atoms with van der Waals surface area (Å²) >= 11 is 5.88. The molecule has 3 rings (SSSR count). The third-order valence-electron chi connectivity index (χ3n) is 3.67. The van der Waals surface area contributed by atoms with E-state index in [1.165, 1.54) is 6.20 Å². The maximum atomic E-state index is 12.4. The van der Waals surface area contributed by atoms with E-state index >= 15 is 0 Å². The topological polar surface area (TPSA) is 87.8 Å². The van der Waals surface area contributed by atoms with E-state index in [1.54, 1.807) is 47.3 Å². The minimum Gasteiger partial charge on any atom is -0.329 e. The van der Waals surface area contributed by atoms with Gasteiger partial charge in [-0.3, -0.25) is 4.72 Å². The van der Waals surface area contributed by atoms with Gasteiger partial charge in [-0.1, -0.05) is 29.8 Å². The van der Waals surface area contributed by atoms with E-state index in [0.29, 0.717) is 28.5 Å². The number of sulfonamides is 1. The molecule has 2 aromatic carbocycles. The normalized spacial score (nSPS) is 11.1. The van der Waals surface area contributed by atoms with Crippen LogP contribution in [-0.2, 0) is 22.3 Å². The fraction of sp³-hybridized carbons (Fsp3) is 0.111. The summed E-state index contributed by atoms with van der Waals surface area (Å²) in [5.74, 6) is -0.213. The Hall–Kier alpha value is -2.82. The highest BCUT2D eigenvalue weighted by atomic mass is 35.5. The molecule has 6 nitrogen and oxygen atoms in total. The summed E-state index contributed by atoms with van der Waals surface area (Å²) in [5, 5.41) is 9.30. The van der Waals surface area contributed by atoms with Crippen molar-refractivity contribution in [2.45, 2.75) is 12.3 Å². The Morgan fingerprint density at radius 1 is 1.19 bits per heavy atom. The number of rotatable bonds is 6. The number of aromatic nitrogens is 2. The van der Waals surface area contributed by atoms with Crippen LogP contribution in [0.2, 0.25) is 5.02 Å². The average Bonchev–Trinajstić information content (AvgIpc) is 3.01. The van der Waals surface area contributed by atoms with Crippen LogP contribution in [0.1, 0.15) is 16.8 Å². The average molecular weight is 387 g/mol. The zero-order valence-corrected chi connectivity index (χ0v) is 15.2. The maximum absolute atomic E-state index is 12.4. The fourth-order valence-electron chi connectivity index (χ4n) is 2.45. The number of halogens is 1. The molecule has 1 aromatic heterocycles. The smallest absolute Gasteiger partial charge is 0.238 e. The predicted molar refractivity (Wildman–Crippen MR) is 100 cm³/mol. The lowest BCUT2D eigenvalue weighted by molar-refractivity contribution is 0.598. The Labute approximate surface area is 156 Å². The van der Waals surface area contributed by atoms with Gasteiger partial charge in [0, 0.05) is 23.5 Å². The summed E-state index contributed by atoms with van der Waals surface area (Å²) in [6.45, 7) is 0.466. The summed E-state index contributed by atoms with van der Waals surface area (Å²) < 4.78 is 29.1. The van der Waals surface area contributed by atoms with Gasteiger partial charge in [-0.15, -0.1) is 0 Å². The van der Waals surface area contributed by atoms with Gasteiger partial charge >= 0.3 is 0 Å². The number of imidazole rings is 1. The Morgan fingerprint density at radius 3 is 2.65 bits per heavy atom. The predicted octanol–water partition coefficient (Wildman–Crippen LogP) is 3.40. The number of nitriles is 1. The number of benzene rings is 2. The number of hydrogen-bond donors (Lipinski definition) is 1. The van der Waals surface area contributed by atoms with E-state index in [0.717, 1.165) is 5.56 Å². The molecule has 0 aliphatic heterocycles. The molecule has 0 atom stereocenters. The van der Waals surface area contributed by atoms with Crippen molar-refractivity contribution < 1.29 is 8.42 Å². The van der Waals surface area contributed by atoms with Crippen molar-refractivity contribution in [3.63, 3.8) is 0 Å². The monoisotopic (exact) mass is 386 g/mol. The number of anilines is 1. The molecular weight excluding hydrogens is 372 g/mol. The van der Waals surface area contributed by atoms with E-state index in [2.05, 4.69) is 15.8 Å². The molecule has 132 valence electrons. The molecule has 0 spiro atoms. The Kier molecular flexibility index (Phi) is 5.26. The first kappa shape index (κ1) is 18.0. The van der Waals surface area contributed by atoms with Crippen LogP contribution in [-0.4, -0.2) is 18.0 Å². The van der Waals surface area contributed by atoms with Crippen LogP contribution >= 0.6 is 11.6 Å². The van der Waals surface area contributed by atoms with Gasteiger partial charge in [0.15, 0.2) is 0 Å². The van der Waals surface area contributed by atoms with Crippen LogP contribution in [0.25, 0.3) is 0 Å². The van der Waals surface area contributed by atoms with Crippen molar-refractivity contribution in [2.75, 3.05) is 4.72 Å². The van der Waals surface area contributed by atoms with Crippen LogP contribution in [0.4, 0.5) is 5.69 Å². The quantitative estimate of drug-likeness (QED) is 0.703. The van der Waals surface area contributed by atoms with Gasteiger partial charge in [0.1, 0.15) is 5.75 Å². The van der Waals surface area contributed by atoms with Crippen molar-refractivity contribution in [3.05, 3.63) is 82.9 Å². The van der Waals surface area contributed by atoms with Crippen molar-refractivity contribution in [1.82, 2.24) is 9.55 Å².